The number of sulfonamides is 1. The zero-order chi connectivity index (χ0) is 14.0. The molecule has 0 aromatic carbocycles. The summed E-state index contributed by atoms with van der Waals surface area (Å²) in [6.45, 7) is 3.68. The van der Waals surface area contributed by atoms with Crippen LogP contribution in [0.5, 0.6) is 0 Å². The van der Waals surface area contributed by atoms with Gasteiger partial charge in [0.15, 0.2) is 5.03 Å². The maximum Gasteiger partial charge on any atom is 0.258 e. The van der Waals surface area contributed by atoms with Gasteiger partial charge >= 0.3 is 0 Å². The van der Waals surface area contributed by atoms with E-state index in [2.05, 4.69) is 14.7 Å². The molecule has 5 nitrogen and oxygen atoms in total. The highest BCUT2D eigenvalue weighted by molar-refractivity contribution is 7.89. The third-order valence-electron chi connectivity index (χ3n) is 2.58. The van der Waals surface area contributed by atoms with Crippen LogP contribution in [0.25, 0.3) is 0 Å². The average Bonchev–Trinajstić information content (AvgIpc) is 2.96. The maximum absolute atomic E-state index is 12.1. The van der Waals surface area contributed by atoms with Crippen molar-refractivity contribution in [3.63, 3.8) is 0 Å². The number of imidazole rings is 1. The molecule has 0 aliphatic heterocycles. The lowest BCUT2D eigenvalue weighted by molar-refractivity contribution is 0.565. The Bertz CT molecular complexity index is 663. The van der Waals surface area contributed by atoms with Crippen LogP contribution in [-0.2, 0) is 16.4 Å². The normalized spacial score (nSPS) is 13.6. The molecule has 0 saturated carbocycles. The molecule has 1 atom stereocenters. The molecule has 2 aromatic rings. The molecule has 8 heteroatoms. The summed E-state index contributed by atoms with van der Waals surface area (Å²) in [5, 5.41) is 0.0823. The summed E-state index contributed by atoms with van der Waals surface area (Å²) < 4.78 is 27.5. The lowest BCUT2D eigenvalue weighted by Gasteiger charge is -2.11. The summed E-state index contributed by atoms with van der Waals surface area (Å²) in [5.74, 6) is 0.646. The Labute approximate surface area is 121 Å². The second-order valence-electron chi connectivity index (χ2n) is 4.03. The first-order valence-electron chi connectivity index (χ1n) is 5.74. The zero-order valence-corrected chi connectivity index (χ0v) is 12.9. The minimum Gasteiger partial charge on any atom is -0.332 e. The van der Waals surface area contributed by atoms with E-state index in [-0.39, 0.29) is 11.1 Å². The molecule has 0 aliphatic carbocycles. The topological polar surface area (TPSA) is 74.8 Å². The Balaban J connectivity index is 2.17. The highest BCUT2D eigenvalue weighted by Crippen LogP contribution is 2.27. The average molecular weight is 320 g/mol. The highest BCUT2D eigenvalue weighted by Gasteiger charge is 2.21. The Morgan fingerprint density at radius 1 is 1.53 bits per heavy atom. The van der Waals surface area contributed by atoms with Gasteiger partial charge in [-0.15, -0.1) is 11.3 Å². The number of H-pyrrole nitrogens is 1. The molecule has 0 fully saturated rings. The molecular weight excluding hydrogens is 306 g/mol. The van der Waals surface area contributed by atoms with Crippen molar-refractivity contribution in [3.05, 3.63) is 33.4 Å². The van der Waals surface area contributed by atoms with Gasteiger partial charge in [-0.2, -0.15) is 0 Å². The molecule has 19 heavy (non-hydrogen) atoms. The highest BCUT2D eigenvalue weighted by atomic mass is 35.5. The maximum atomic E-state index is 12.1. The van der Waals surface area contributed by atoms with Crippen LogP contribution in [0.1, 0.15) is 30.6 Å². The van der Waals surface area contributed by atoms with Gasteiger partial charge in [0.05, 0.1) is 16.6 Å². The van der Waals surface area contributed by atoms with Crippen LogP contribution in [0.4, 0.5) is 0 Å². The van der Waals surface area contributed by atoms with Crippen molar-refractivity contribution >= 4 is 33.0 Å². The quantitative estimate of drug-likeness (QED) is 0.889. The minimum atomic E-state index is -3.59. The van der Waals surface area contributed by atoms with E-state index in [0.717, 1.165) is 4.88 Å². The number of hydrogen-bond acceptors (Lipinski definition) is 4. The second kappa shape index (κ2) is 5.62. The fraction of sp³-hybridized carbons (Fsp3) is 0.364. The van der Waals surface area contributed by atoms with Gasteiger partial charge < -0.3 is 4.98 Å². The number of rotatable bonds is 5. The predicted octanol–water partition coefficient (Wildman–Crippen LogP) is 2.73. The lowest BCUT2D eigenvalue weighted by Crippen LogP contribution is -2.26. The summed E-state index contributed by atoms with van der Waals surface area (Å²) in [6, 6.07) is 3.22. The van der Waals surface area contributed by atoms with Gasteiger partial charge in [-0.3, -0.25) is 0 Å². The third kappa shape index (κ3) is 3.36. The van der Waals surface area contributed by atoms with Crippen LogP contribution in [0, 0.1) is 0 Å². The van der Waals surface area contributed by atoms with Crippen LogP contribution in [0.15, 0.2) is 23.4 Å². The SMILES string of the molecule is CCc1ncc(S(=O)(=O)NC(C)c2ccc(Cl)s2)[nH]1. The van der Waals surface area contributed by atoms with Crippen LogP contribution in [0.2, 0.25) is 4.34 Å². The Hall–Kier alpha value is -0.890. The number of aromatic amines is 1. The van der Waals surface area contributed by atoms with E-state index < -0.39 is 10.0 Å². The number of hydrogen-bond donors (Lipinski definition) is 2. The summed E-state index contributed by atoms with van der Waals surface area (Å²) >= 11 is 7.19. The van der Waals surface area contributed by atoms with E-state index in [0.29, 0.717) is 16.6 Å². The molecular formula is C11H14ClN3O2S2. The van der Waals surface area contributed by atoms with E-state index in [1.165, 1.54) is 17.5 Å². The molecule has 104 valence electrons. The van der Waals surface area contributed by atoms with Gasteiger partial charge in [-0.1, -0.05) is 18.5 Å². The van der Waals surface area contributed by atoms with Gasteiger partial charge in [0.25, 0.3) is 10.0 Å². The summed E-state index contributed by atoms with van der Waals surface area (Å²) in [4.78, 5) is 7.64. The number of halogens is 1. The minimum absolute atomic E-state index is 0.0823. The van der Waals surface area contributed by atoms with Crippen LogP contribution >= 0.6 is 22.9 Å². The number of nitrogens with one attached hydrogen (secondary N) is 2. The first-order chi connectivity index (χ1) is 8.92. The van der Waals surface area contributed by atoms with Gasteiger partial charge in [0, 0.05) is 11.3 Å². The van der Waals surface area contributed by atoms with Crippen molar-refractivity contribution in [2.75, 3.05) is 0 Å². The largest absolute Gasteiger partial charge is 0.332 e. The van der Waals surface area contributed by atoms with E-state index in [1.54, 1.807) is 13.0 Å². The van der Waals surface area contributed by atoms with E-state index in [1.807, 2.05) is 13.0 Å². The van der Waals surface area contributed by atoms with Gasteiger partial charge in [0.2, 0.25) is 0 Å². The Morgan fingerprint density at radius 2 is 2.26 bits per heavy atom. The van der Waals surface area contributed by atoms with Gasteiger partial charge in [-0.25, -0.2) is 18.1 Å². The zero-order valence-electron chi connectivity index (χ0n) is 10.5. The molecule has 0 amide bonds. The summed E-state index contributed by atoms with van der Waals surface area (Å²) in [7, 11) is -3.59. The Morgan fingerprint density at radius 3 is 2.79 bits per heavy atom. The molecule has 2 N–H and O–H groups in total. The number of thiophene rings is 1. The predicted molar refractivity (Wildman–Crippen MR) is 76.0 cm³/mol. The second-order valence-corrected chi connectivity index (χ2v) is 7.46. The molecule has 0 saturated heterocycles. The monoisotopic (exact) mass is 319 g/mol. The van der Waals surface area contributed by atoms with E-state index >= 15 is 0 Å². The molecule has 2 rings (SSSR count). The van der Waals surface area contributed by atoms with E-state index in [4.69, 9.17) is 11.6 Å². The lowest BCUT2D eigenvalue weighted by atomic mass is 10.3. The van der Waals surface area contributed by atoms with Crippen LogP contribution in [-0.4, -0.2) is 18.4 Å². The standard InChI is InChI=1S/C11H14ClN3O2S2/c1-3-10-13-6-11(14-10)19(16,17)15-7(2)8-4-5-9(12)18-8/h4-7,15H,3H2,1-2H3,(H,13,14). The van der Waals surface area contributed by atoms with Crippen molar-refractivity contribution < 1.29 is 8.42 Å². The molecule has 0 aliphatic rings. The molecule has 0 radical (unpaired) electrons. The fourth-order valence-corrected chi connectivity index (χ4v) is 3.88. The summed E-state index contributed by atoms with van der Waals surface area (Å²) in [6.07, 6.45) is 1.99. The van der Waals surface area contributed by atoms with Gasteiger partial charge in [-0.05, 0) is 19.1 Å². The van der Waals surface area contributed by atoms with E-state index in [9.17, 15) is 8.42 Å². The first kappa shape index (κ1) is 14.5. The van der Waals surface area contributed by atoms with Gasteiger partial charge in [0.1, 0.15) is 5.82 Å². The number of aryl methyl sites for hydroxylation is 1. The number of aromatic nitrogens is 2. The van der Waals surface area contributed by atoms with Crippen molar-refractivity contribution in [3.8, 4) is 0 Å². The van der Waals surface area contributed by atoms with Crippen molar-refractivity contribution in [1.82, 2.24) is 14.7 Å². The molecule has 2 heterocycles. The van der Waals surface area contributed by atoms with Crippen molar-refractivity contribution in [1.29, 1.82) is 0 Å². The smallest absolute Gasteiger partial charge is 0.258 e. The van der Waals surface area contributed by atoms with Crippen LogP contribution < -0.4 is 4.72 Å². The summed E-state index contributed by atoms with van der Waals surface area (Å²) in [5.41, 5.74) is 0. The first-order valence-corrected chi connectivity index (χ1v) is 8.41. The molecule has 1 unspecified atom stereocenters. The fourth-order valence-electron chi connectivity index (χ4n) is 1.57. The van der Waals surface area contributed by atoms with Crippen molar-refractivity contribution in [2.45, 2.75) is 31.3 Å². The molecule has 0 spiro atoms. The molecule has 0 bridgehead atoms. The molecule has 2 aromatic heterocycles. The Kier molecular flexibility index (Phi) is 4.29. The van der Waals surface area contributed by atoms with Crippen LogP contribution in [0.3, 0.4) is 0 Å². The number of nitrogens with zero attached hydrogens (tertiary/aromatic N) is 1. The van der Waals surface area contributed by atoms with Crippen molar-refractivity contribution in [2.24, 2.45) is 0 Å². The third-order valence-corrected chi connectivity index (χ3v) is 5.45.